The van der Waals surface area contributed by atoms with Gasteiger partial charge in [-0.1, -0.05) is 5.16 Å². The SMILES string of the molecule is CNC(=O)c1ccc(OC)c(NCc2noc(-c3ccsc3)n2)c1. The third-order valence-electron chi connectivity index (χ3n) is 3.36. The van der Waals surface area contributed by atoms with Crippen LogP contribution in [0.4, 0.5) is 5.69 Å². The topological polar surface area (TPSA) is 89.3 Å². The van der Waals surface area contributed by atoms with Crippen LogP contribution in [0.3, 0.4) is 0 Å². The number of hydrogen-bond acceptors (Lipinski definition) is 7. The molecular formula is C16H16N4O3S. The summed E-state index contributed by atoms with van der Waals surface area (Å²) in [6.45, 7) is 0.348. The molecule has 0 aliphatic heterocycles. The van der Waals surface area contributed by atoms with E-state index in [1.54, 1.807) is 43.7 Å². The van der Waals surface area contributed by atoms with E-state index < -0.39 is 0 Å². The Kier molecular flexibility index (Phi) is 4.76. The molecule has 0 fully saturated rings. The van der Waals surface area contributed by atoms with Crippen molar-refractivity contribution in [2.24, 2.45) is 0 Å². The molecule has 0 spiro atoms. The highest BCUT2D eigenvalue weighted by molar-refractivity contribution is 7.08. The van der Waals surface area contributed by atoms with Crippen molar-refractivity contribution in [3.05, 3.63) is 46.4 Å². The van der Waals surface area contributed by atoms with Gasteiger partial charge in [0.2, 0.25) is 0 Å². The van der Waals surface area contributed by atoms with Gasteiger partial charge in [0.25, 0.3) is 11.8 Å². The van der Waals surface area contributed by atoms with Crippen LogP contribution in [0.5, 0.6) is 5.75 Å². The highest BCUT2D eigenvalue weighted by Crippen LogP contribution is 2.26. The number of anilines is 1. The summed E-state index contributed by atoms with van der Waals surface area (Å²) in [5, 5.41) is 13.6. The zero-order chi connectivity index (χ0) is 16.9. The van der Waals surface area contributed by atoms with Gasteiger partial charge < -0.3 is 19.9 Å². The number of nitrogens with one attached hydrogen (secondary N) is 2. The fraction of sp³-hybridized carbons (Fsp3) is 0.188. The molecule has 2 aromatic heterocycles. The zero-order valence-corrected chi connectivity index (χ0v) is 14.0. The number of carbonyl (C=O) groups excluding carboxylic acids is 1. The Morgan fingerprint density at radius 2 is 2.25 bits per heavy atom. The van der Waals surface area contributed by atoms with Crippen molar-refractivity contribution >= 4 is 22.9 Å². The van der Waals surface area contributed by atoms with Crippen LogP contribution in [0.25, 0.3) is 11.5 Å². The average molecular weight is 344 g/mol. The number of rotatable bonds is 6. The molecule has 2 heterocycles. The first-order valence-electron chi connectivity index (χ1n) is 7.20. The van der Waals surface area contributed by atoms with Crippen molar-refractivity contribution < 1.29 is 14.1 Å². The smallest absolute Gasteiger partial charge is 0.258 e. The second kappa shape index (κ2) is 7.14. The van der Waals surface area contributed by atoms with Gasteiger partial charge in [-0.15, -0.1) is 0 Å². The lowest BCUT2D eigenvalue weighted by Gasteiger charge is -2.11. The maximum absolute atomic E-state index is 11.8. The molecule has 3 aromatic rings. The molecule has 7 nitrogen and oxygen atoms in total. The molecule has 0 aliphatic rings. The van der Waals surface area contributed by atoms with Gasteiger partial charge in [-0.05, 0) is 29.6 Å². The monoisotopic (exact) mass is 344 g/mol. The molecule has 0 atom stereocenters. The van der Waals surface area contributed by atoms with Crippen LogP contribution in [-0.2, 0) is 6.54 Å². The lowest BCUT2D eigenvalue weighted by atomic mass is 10.1. The number of benzene rings is 1. The molecule has 24 heavy (non-hydrogen) atoms. The molecule has 0 unspecified atom stereocenters. The van der Waals surface area contributed by atoms with Gasteiger partial charge in [-0.25, -0.2) is 0 Å². The third-order valence-corrected chi connectivity index (χ3v) is 4.05. The Hall–Kier alpha value is -2.87. The number of amides is 1. The summed E-state index contributed by atoms with van der Waals surface area (Å²) < 4.78 is 10.6. The van der Waals surface area contributed by atoms with Crippen molar-refractivity contribution in [3.63, 3.8) is 0 Å². The van der Waals surface area contributed by atoms with E-state index in [0.717, 1.165) is 5.56 Å². The van der Waals surface area contributed by atoms with E-state index >= 15 is 0 Å². The van der Waals surface area contributed by atoms with Crippen molar-refractivity contribution in [2.75, 3.05) is 19.5 Å². The van der Waals surface area contributed by atoms with Crippen LogP contribution in [0.15, 0.2) is 39.5 Å². The lowest BCUT2D eigenvalue weighted by molar-refractivity contribution is 0.0963. The van der Waals surface area contributed by atoms with Crippen LogP contribution in [0, 0.1) is 0 Å². The van der Waals surface area contributed by atoms with Gasteiger partial charge in [0, 0.05) is 18.0 Å². The van der Waals surface area contributed by atoms with Gasteiger partial charge in [0.05, 0.1) is 24.9 Å². The van der Waals surface area contributed by atoms with Crippen molar-refractivity contribution in [1.29, 1.82) is 0 Å². The molecule has 0 saturated heterocycles. The number of carbonyl (C=O) groups is 1. The van der Waals surface area contributed by atoms with Crippen molar-refractivity contribution in [2.45, 2.75) is 6.54 Å². The van der Waals surface area contributed by atoms with Gasteiger partial charge >= 0.3 is 0 Å². The van der Waals surface area contributed by atoms with Gasteiger partial charge in [-0.2, -0.15) is 16.3 Å². The fourth-order valence-corrected chi connectivity index (χ4v) is 2.76. The minimum atomic E-state index is -0.167. The standard InChI is InChI=1S/C16H16N4O3S/c1-17-15(21)10-3-4-13(22-2)12(7-10)18-8-14-19-16(23-20-14)11-5-6-24-9-11/h3-7,9,18H,8H2,1-2H3,(H,17,21). The van der Waals surface area contributed by atoms with E-state index in [-0.39, 0.29) is 5.91 Å². The zero-order valence-electron chi connectivity index (χ0n) is 13.2. The van der Waals surface area contributed by atoms with Gasteiger partial charge in [-0.3, -0.25) is 4.79 Å². The van der Waals surface area contributed by atoms with Crippen molar-refractivity contribution in [1.82, 2.24) is 15.5 Å². The largest absolute Gasteiger partial charge is 0.495 e. The first kappa shape index (κ1) is 16.0. The van der Waals surface area contributed by atoms with E-state index in [0.29, 0.717) is 35.3 Å². The Balaban J connectivity index is 1.75. The maximum atomic E-state index is 11.8. The Labute approximate surface area is 142 Å². The molecule has 2 N–H and O–H groups in total. The fourth-order valence-electron chi connectivity index (χ4n) is 2.14. The molecule has 1 aromatic carbocycles. The van der Waals surface area contributed by atoms with Crippen LogP contribution < -0.4 is 15.4 Å². The number of nitrogens with zero attached hydrogens (tertiary/aromatic N) is 2. The van der Waals surface area contributed by atoms with E-state index in [1.807, 2.05) is 16.8 Å². The van der Waals surface area contributed by atoms with Crippen molar-refractivity contribution in [3.8, 4) is 17.2 Å². The van der Waals surface area contributed by atoms with Crippen LogP contribution >= 0.6 is 11.3 Å². The maximum Gasteiger partial charge on any atom is 0.258 e. The molecule has 0 saturated carbocycles. The van der Waals surface area contributed by atoms with E-state index in [9.17, 15) is 4.79 Å². The number of hydrogen-bond donors (Lipinski definition) is 2. The Morgan fingerprint density at radius 3 is 2.96 bits per heavy atom. The Morgan fingerprint density at radius 1 is 1.38 bits per heavy atom. The highest BCUT2D eigenvalue weighted by atomic mass is 32.1. The summed E-state index contributed by atoms with van der Waals surface area (Å²) >= 11 is 1.57. The highest BCUT2D eigenvalue weighted by Gasteiger charge is 2.12. The number of thiophene rings is 1. The van der Waals surface area contributed by atoms with Crippen LogP contribution in [0.2, 0.25) is 0 Å². The first-order valence-corrected chi connectivity index (χ1v) is 8.14. The van der Waals surface area contributed by atoms with Crippen LogP contribution in [-0.4, -0.2) is 30.2 Å². The Bertz CT molecular complexity index is 830. The molecule has 0 bridgehead atoms. The van der Waals surface area contributed by atoms with Gasteiger partial charge in [0.15, 0.2) is 5.82 Å². The number of ether oxygens (including phenoxy) is 1. The molecule has 0 radical (unpaired) electrons. The quantitative estimate of drug-likeness (QED) is 0.715. The summed E-state index contributed by atoms with van der Waals surface area (Å²) in [5.74, 6) is 1.46. The second-order valence-corrected chi connectivity index (χ2v) is 5.66. The number of methoxy groups -OCH3 is 1. The molecule has 1 amide bonds. The summed E-state index contributed by atoms with van der Waals surface area (Å²) in [6.07, 6.45) is 0. The lowest BCUT2D eigenvalue weighted by Crippen LogP contribution is -2.18. The minimum absolute atomic E-state index is 0.167. The van der Waals surface area contributed by atoms with E-state index in [1.165, 1.54) is 0 Å². The summed E-state index contributed by atoms with van der Waals surface area (Å²) in [5.41, 5.74) is 2.12. The average Bonchev–Trinajstić information content (AvgIpc) is 3.30. The third kappa shape index (κ3) is 3.38. The summed E-state index contributed by atoms with van der Waals surface area (Å²) in [4.78, 5) is 16.1. The minimum Gasteiger partial charge on any atom is -0.495 e. The molecular weight excluding hydrogens is 328 g/mol. The predicted molar refractivity (Wildman–Crippen MR) is 91.3 cm³/mol. The first-order chi connectivity index (χ1) is 11.7. The normalized spacial score (nSPS) is 10.4. The van der Waals surface area contributed by atoms with Gasteiger partial charge in [0.1, 0.15) is 5.75 Å². The number of aromatic nitrogens is 2. The molecule has 124 valence electrons. The summed E-state index contributed by atoms with van der Waals surface area (Å²) in [6, 6.07) is 7.08. The van der Waals surface area contributed by atoms with E-state index in [2.05, 4.69) is 20.8 Å². The summed E-state index contributed by atoms with van der Waals surface area (Å²) in [7, 11) is 3.16. The van der Waals surface area contributed by atoms with Crippen LogP contribution in [0.1, 0.15) is 16.2 Å². The molecule has 8 heteroatoms. The van der Waals surface area contributed by atoms with E-state index in [4.69, 9.17) is 9.26 Å². The molecule has 3 rings (SSSR count). The molecule has 0 aliphatic carbocycles. The predicted octanol–water partition coefficient (Wildman–Crippen LogP) is 2.78. The second-order valence-electron chi connectivity index (χ2n) is 4.88.